The minimum absolute atomic E-state index is 0.0780. The number of urea groups is 1. The largest absolute Gasteiger partial charge is 0.335 e. The molecule has 2 aromatic heterocycles. The van der Waals surface area contributed by atoms with Crippen LogP contribution in [0, 0.1) is 12.8 Å². The molecule has 0 fully saturated rings. The lowest BCUT2D eigenvalue weighted by Crippen LogP contribution is -2.38. The van der Waals surface area contributed by atoms with Crippen LogP contribution in [-0.2, 0) is 13.0 Å². The van der Waals surface area contributed by atoms with E-state index in [9.17, 15) is 4.79 Å². The quantitative estimate of drug-likeness (QED) is 0.946. The predicted octanol–water partition coefficient (Wildman–Crippen LogP) is 2.31. The molecule has 0 bridgehead atoms. The van der Waals surface area contributed by atoms with Crippen LogP contribution in [0.25, 0.3) is 0 Å². The van der Waals surface area contributed by atoms with Gasteiger partial charge in [0.2, 0.25) is 0 Å². The van der Waals surface area contributed by atoms with Gasteiger partial charge in [-0.15, -0.1) is 0 Å². The van der Waals surface area contributed by atoms with Gasteiger partial charge in [0.25, 0.3) is 0 Å². The normalized spacial score (nSPS) is 16.9. The number of anilines is 1. The Morgan fingerprint density at radius 1 is 1.50 bits per heavy atom. The number of imidazole rings is 1. The van der Waals surface area contributed by atoms with Crippen LogP contribution in [0.1, 0.15) is 17.8 Å². The van der Waals surface area contributed by atoms with Crippen molar-refractivity contribution in [2.24, 2.45) is 5.92 Å². The minimum Gasteiger partial charge on any atom is -0.335 e. The summed E-state index contributed by atoms with van der Waals surface area (Å²) in [6, 6.07) is 1.74. The van der Waals surface area contributed by atoms with E-state index in [4.69, 9.17) is 0 Å². The molecule has 116 valence electrons. The lowest BCUT2D eigenvalue weighted by atomic mass is 9.99. The van der Waals surface area contributed by atoms with E-state index in [2.05, 4.69) is 19.9 Å². The van der Waals surface area contributed by atoms with Crippen LogP contribution in [0.4, 0.5) is 10.5 Å². The lowest BCUT2D eigenvalue weighted by molar-refractivity contribution is 0.205. The third kappa shape index (κ3) is 3.10. The molecular weight excluding hydrogens is 278 g/mol. The molecule has 0 saturated heterocycles. The standard InChI is InChI=1S/C16H21N5O/c1-12-9-17-6-5-14(12)19-16(22)20(2)10-13-3-4-15-18-7-8-21(15)11-13/h5-9,13H,3-4,10-11H2,1-2H3,(H,17,19,22)/t13-/m1/s1. The minimum atomic E-state index is -0.0780. The number of carbonyl (C=O) groups excluding carboxylic acids is 1. The topological polar surface area (TPSA) is 63.1 Å². The van der Waals surface area contributed by atoms with E-state index >= 15 is 0 Å². The molecule has 1 N–H and O–H groups in total. The number of rotatable bonds is 3. The third-order valence-corrected chi connectivity index (χ3v) is 4.17. The molecule has 0 radical (unpaired) electrons. The SMILES string of the molecule is Cc1cnccc1NC(=O)N(C)C[C@H]1CCc2nccn2C1. The van der Waals surface area contributed by atoms with Crippen molar-refractivity contribution in [2.75, 3.05) is 18.9 Å². The maximum atomic E-state index is 12.3. The van der Waals surface area contributed by atoms with Crippen molar-refractivity contribution in [3.8, 4) is 0 Å². The lowest BCUT2D eigenvalue weighted by Gasteiger charge is -2.28. The summed E-state index contributed by atoms with van der Waals surface area (Å²) in [4.78, 5) is 22.4. The summed E-state index contributed by atoms with van der Waals surface area (Å²) in [5, 5.41) is 2.94. The molecule has 1 atom stereocenters. The van der Waals surface area contributed by atoms with Crippen molar-refractivity contribution < 1.29 is 4.79 Å². The summed E-state index contributed by atoms with van der Waals surface area (Å²) in [7, 11) is 1.84. The van der Waals surface area contributed by atoms with Crippen LogP contribution >= 0.6 is 0 Å². The van der Waals surface area contributed by atoms with Gasteiger partial charge >= 0.3 is 6.03 Å². The van der Waals surface area contributed by atoms with Crippen LogP contribution in [0.2, 0.25) is 0 Å². The number of nitrogens with zero attached hydrogens (tertiary/aromatic N) is 4. The summed E-state index contributed by atoms with van der Waals surface area (Å²) >= 11 is 0. The Kier molecular flexibility index (Phi) is 4.09. The summed E-state index contributed by atoms with van der Waals surface area (Å²) in [6.45, 7) is 3.61. The highest BCUT2D eigenvalue weighted by atomic mass is 16.2. The number of pyridine rings is 1. The second-order valence-electron chi connectivity index (χ2n) is 5.90. The average molecular weight is 299 g/mol. The maximum Gasteiger partial charge on any atom is 0.321 e. The molecule has 0 saturated carbocycles. The molecule has 1 aliphatic rings. The number of amides is 2. The van der Waals surface area contributed by atoms with E-state index < -0.39 is 0 Å². The van der Waals surface area contributed by atoms with E-state index in [0.29, 0.717) is 5.92 Å². The molecule has 0 spiro atoms. The first-order chi connectivity index (χ1) is 10.6. The summed E-state index contributed by atoms with van der Waals surface area (Å²) in [6.07, 6.45) is 9.35. The first-order valence-corrected chi connectivity index (χ1v) is 7.56. The van der Waals surface area contributed by atoms with Crippen LogP contribution in [0.15, 0.2) is 30.9 Å². The van der Waals surface area contributed by atoms with E-state index in [0.717, 1.165) is 43.0 Å². The Balaban J connectivity index is 1.57. The van der Waals surface area contributed by atoms with Gasteiger partial charge < -0.3 is 14.8 Å². The molecule has 3 heterocycles. The summed E-state index contributed by atoms with van der Waals surface area (Å²) < 4.78 is 2.19. The van der Waals surface area contributed by atoms with Gasteiger partial charge in [-0.1, -0.05) is 0 Å². The maximum absolute atomic E-state index is 12.3. The van der Waals surface area contributed by atoms with E-state index in [1.165, 1.54) is 0 Å². The van der Waals surface area contributed by atoms with Crippen molar-refractivity contribution in [2.45, 2.75) is 26.3 Å². The van der Waals surface area contributed by atoms with Crippen molar-refractivity contribution in [3.63, 3.8) is 0 Å². The van der Waals surface area contributed by atoms with E-state index in [1.807, 2.05) is 32.4 Å². The summed E-state index contributed by atoms with van der Waals surface area (Å²) in [5.74, 6) is 1.62. The van der Waals surface area contributed by atoms with Crippen LogP contribution < -0.4 is 5.32 Å². The highest BCUT2D eigenvalue weighted by Crippen LogP contribution is 2.20. The number of hydrogen-bond donors (Lipinski definition) is 1. The van der Waals surface area contributed by atoms with Crippen LogP contribution in [0.3, 0.4) is 0 Å². The number of aromatic nitrogens is 3. The fourth-order valence-electron chi connectivity index (χ4n) is 2.88. The molecule has 6 heteroatoms. The second-order valence-corrected chi connectivity index (χ2v) is 5.90. The average Bonchev–Trinajstić information content (AvgIpc) is 2.97. The van der Waals surface area contributed by atoms with Crippen LogP contribution in [-0.4, -0.2) is 39.1 Å². The Morgan fingerprint density at radius 3 is 3.18 bits per heavy atom. The molecule has 2 aromatic rings. The third-order valence-electron chi connectivity index (χ3n) is 4.17. The van der Waals surface area contributed by atoms with Crippen molar-refractivity contribution in [1.82, 2.24) is 19.4 Å². The molecular formula is C16H21N5O. The Morgan fingerprint density at radius 2 is 2.36 bits per heavy atom. The van der Waals surface area contributed by atoms with E-state index in [1.54, 1.807) is 17.3 Å². The number of fused-ring (bicyclic) bond motifs is 1. The number of carbonyl (C=O) groups is 1. The van der Waals surface area contributed by atoms with E-state index in [-0.39, 0.29) is 6.03 Å². The molecule has 0 unspecified atom stereocenters. The molecule has 22 heavy (non-hydrogen) atoms. The molecule has 2 amide bonds. The van der Waals surface area contributed by atoms with Gasteiger partial charge in [-0.3, -0.25) is 4.98 Å². The van der Waals surface area contributed by atoms with Gasteiger partial charge in [0.1, 0.15) is 5.82 Å². The molecule has 0 aliphatic carbocycles. The molecule has 1 aliphatic heterocycles. The molecule has 3 rings (SSSR count). The fourth-order valence-corrected chi connectivity index (χ4v) is 2.88. The monoisotopic (exact) mass is 299 g/mol. The zero-order valence-electron chi connectivity index (χ0n) is 13.0. The smallest absolute Gasteiger partial charge is 0.321 e. The second kappa shape index (κ2) is 6.17. The van der Waals surface area contributed by atoms with Crippen molar-refractivity contribution in [1.29, 1.82) is 0 Å². The number of nitrogens with one attached hydrogen (secondary N) is 1. The van der Waals surface area contributed by atoms with Gasteiger partial charge in [0.15, 0.2) is 0 Å². The number of hydrogen-bond acceptors (Lipinski definition) is 3. The van der Waals surface area contributed by atoms with Crippen LogP contribution in [0.5, 0.6) is 0 Å². The van der Waals surface area contributed by atoms with Crippen molar-refractivity contribution in [3.05, 3.63) is 42.2 Å². The predicted molar refractivity (Wildman–Crippen MR) is 84.7 cm³/mol. The van der Waals surface area contributed by atoms with Crippen molar-refractivity contribution >= 4 is 11.7 Å². The molecule has 6 nitrogen and oxygen atoms in total. The van der Waals surface area contributed by atoms with Gasteiger partial charge in [0, 0.05) is 57.0 Å². The highest BCUT2D eigenvalue weighted by molar-refractivity contribution is 5.89. The van der Waals surface area contributed by atoms with Gasteiger partial charge in [-0.25, -0.2) is 9.78 Å². The Bertz CT molecular complexity index is 666. The Labute approximate surface area is 130 Å². The highest BCUT2D eigenvalue weighted by Gasteiger charge is 2.22. The Hall–Kier alpha value is -2.37. The number of aryl methyl sites for hydroxylation is 2. The van der Waals surface area contributed by atoms with Gasteiger partial charge in [-0.2, -0.15) is 0 Å². The first kappa shape index (κ1) is 14.6. The zero-order valence-corrected chi connectivity index (χ0v) is 13.0. The van der Waals surface area contributed by atoms with Gasteiger partial charge in [0.05, 0.1) is 0 Å². The summed E-state index contributed by atoms with van der Waals surface area (Å²) in [5.41, 5.74) is 1.78. The zero-order chi connectivity index (χ0) is 15.5. The van der Waals surface area contributed by atoms with Gasteiger partial charge in [-0.05, 0) is 30.9 Å². The fraction of sp³-hybridized carbons (Fsp3) is 0.438. The first-order valence-electron chi connectivity index (χ1n) is 7.56. The molecule has 0 aromatic carbocycles.